The third kappa shape index (κ3) is 42.6. The van der Waals surface area contributed by atoms with Gasteiger partial charge in [-0.15, -0.1) is 0 Å². The minimum Gasteiger partial charge on any atom is -0.479 e. The van der Waals surface area contributed by atoms with E-state index in [9.17, 15) is 48.8 Å². The summed E-state index contributed by atoms with van der Waals surface area (Å²) in [6.45, 7) is 8.07. The number of ether oxygens (including phenoxy) is 6. The molecule has 2 aliphatic heterocycles. The molecule has 0 bridgehead atoms. The molecule has 0 spiro atoms. The maximum absolute atomic E-state index is 14.9. The zero-order chi connectivity index (χ0) is 65.0. The molecule has 2 saturated heterocycles. The van der Waals surface area contributed by atoms with Crippen LogP contribution in [0.25, 0.3) is 0 Å². The van der Waals surface area contributed by atoms with E-state index in [1.165, 1.54) is 180 Å². The van der Waals surface area contributed by atoms with Crippen molar-refractivity contribution in [3.05, 3.63) is 0 Å². The van der Waals surface area contributed by atoms with Gasteiger partial charge in [0.25, 0.3) is 0 Å². The Labute approximate surface area is 539 Å². The second kappa shape index (κ2) is 55.8. The van der Waals surface area contributed by atoms with E-state index in [-0.39, 0.29) is 26.2 Å². The van der Waals surface area contributed by atoms with Crippen LogP contribution in [0, 0.1) is 0 Å². The molecule has 2 fully saturated rings. The summed E-state index contributed by atoms with van der Waals surface area (Å²) >= 11 is 0. The third-order valence-corrected chi connectivity index (χ3v) is 18.4. The lowest BCUT2D eigenvalue weighted by atomic mass is 9.92. The summed E-state index contributed by atoms with van der Waals surface area (Å²) in [5.74, 6) is -1.94. The van der Waals surface area contributed by atoms with Crippen LogP contribution in [-0.4, -0.2) is 162 Å². The molecule has 0 aromatic rings. The number of carbonyl (C=O) groups is 2. The number of carbonyl (C=O) groups excluding carboxylic acids is 1. The number of carboxylic acid groups (broad SMARTS) is 1. The molecule has 0 saturated carbocycles. The molecule has 2 aliphatic rings. The normalized spacial score (nSPS) is 23.0. The standard InChI is InChI=1S/C69H134FN2O16P/c1-5-8-11-14-17-20-27-32-37-42-50-82-51-43-38-33-28-23-21-22-24-29-34-39-44-52-83-66-62(72-56(4)73)69(87-59(54-70)64(66)88-89(79,80)81)85-55-60-63(76)65(84-53-48-58(75)46-41-36-31-26-19-16-13-10-7-3)61(67(86-60)68(77)78)71-49-47-57(74)45-40-35-30-25-18-15-12-9-6-2/h57-67,69,71,74-76H,5-55H2,1-4H3,(H,72,73)(H,77,78)(H2,79,80,81)/t57?,58?,59-,60-,61-,62-,63-,64-,65-,66-,67+,69-/m1/s1. The lowest BCUT2D eigenvalue weighted by Gasteiger charge is -2.47. The second-order valence-electron chi connectivity index (χ2n) is 26.0. The summed E-state index contributed by atoms with van der Waals surface area (Å²) in [7, 11) is -5.26. The predicted octanol–water partition coefficient (Wildman–Crippen LogP) is 14.6. The van der Waals surface area contributed by atoms with Crippen molar-refractivity contribution in [2.45, 2.75) is 384 Å². The van der Waals surface area contributed by atoms with Gasteiger partial charge in [0.1, 0.15) is 49.3 Å². The number of hydrogen-bond donors (Lipinski definition) is 8. The summed E-state index contributed by atoms with van der Waals surface area (Å²) in [5, 5.41) is 50.5. The van der Waals surface area contributed by atoms with Crippen LogP contribution in [0.4, 0.5) is 4.39 Å². The molecule has 2 unspecified atom stereocenters. The highest BCUT2D eigenvalue weighted by molar-refractivity contribution is 7.46. The van der Waals surface area contributed by atoms with Gasteiger partial charge in [-0.3, -0.25) is 9.32 Å². The van der Waals surface area contributed by atoms with E-state index in [0.717, 1.165) is 90.3 Å². The number of unbranched alkanes of at least 4 members (excludes halogenated alkanes) is 36. The van der Waals surface area contributed by atoms with E-state index in [1.54, 1.807) is 0 Å². The highest BCUT2D eigenvalue weighted by Gasteiger charge is 2.53. The molecule has 1 amide bonds. The summed E-state index contributed by atoms with van der Waals surface area (Å²) in [4.78, 5) is 45.8. The molecule has 12 atom stereocenters. The van der Waals surface area contributed by atoms with Gasteiger partial charge in [0.05, 0.1) is 24.9 Å². The molecule has 0 aromatic carbocycles. The third-order valence-electron chi connectivity index (χ3n) is 17.9. The van der Waals surface area contributed by atoms with Crippen LogP contribution in [0.1, 0.15) is 310 Å². The fourth-order valence-electron chi connectivity index (χ4n) is 12.5. The Balaban J connectivity index is 1.99. The van der Waals surface area contributed by atoms with Gasteiger partial charge in [0.2, 0.25) is 5.91 Å². The smallest absolute Gasteiger partial charge is 0.470 e. The number of alkyl halides is 1. The van der Waals surface area contributed by atoms with Crippen LogP contribution in [0.3, 0.4) is 0 Å². The Morgan fingerprint density at radius 1 is 0.494 bits per heavy atom. The van der Waals surface area contributed by atoms with Gasteiger partial charge in [0, 0.05) is 33.4 Å². The number of nitrogens with one attached hydrogen (secondary N) is 2. The van der Waals surface area contributed by atoms with Gasteiger partial charge >= 0.3 is 13.8 Å². The van der Waals surface area contributed by atoms with Crippen molar-refractivity contribution < 1.29 is 81.7 Å². The van der Waals surface area contributed by atoms with Crippen LogP contribution in [-0.2, 0) is 47.1 Å². The van der Waals surface area contributed by atoms with Gasteiger partial charge in [-0.2, -0.15) is 0 Å². The number of halogens is 1. The van der Waals surface area contributed by atoms with Crippen molar-refractivity contribution in [2.24, 2.45) is 0 Å². The number of amides is 1. The lowest BCUT2D eigenvalue weighted by Crippen LogP contribution is -2.67. The molecule has 20 heteroatoms. The topological polar surface area (TPSA) is 261 Å². The quantitative estimate of drug-likeness (QED) is 0.0208. The van der Waals surface area contributed by atoms with Crippen molar-refractivity contribution in [3.63, 3.8) is 0 Å². The zero-order valence-corrected chi connectivity index (χ0v) is 57.5. The van der Waals surface area contributed by atoms with Crippen molar-refractivity contribution in [3.8, 4) is 0 Å². The van der Waals surface area contributed by atoms with Crippen LogP contribution in [0.5, 0.6) is 0 Å². The maximum atomic E-state index is 14.9. The van der Waals surface area contributed by atoms with E-state index in [0.29, 0.717) is 25.7 Å². The number of phosphoric ester groups is 1. The Bertz CT molecular complexity index is 1690. The monoisotopic (exact) mass is 1300 g/mol. The van der Waals surface area contributed by atoms with Crippen molar-refractivity contribution in [2.75, 3.05) is 46.3 Å². The number of rotatable bonds is 63. The number of aliphatic hydroxyl groups is 3. The molecule has 18 nitrogen and oxygen atoms in total. The lowest BCUT2D eigenvalue weighted by molar-refractivity contribution is -0.287. The zero-order valence-electron chi connectivity index (χ0n) is 56.6. The van der Waals surface area contributed by atoms with Crippen LogP contribution >= 0.6 is 7.82 Å². The number of hydrogen-bond acceptors (Lipinski definition) is 14. The highest BCUT2D eigenvalue weighted by Crippen LogP contribution is 2.42. The summed E-state index contributed by atoms with van der Waals surface area (Å²) in [6.07, 6.45) is 35.4. The Kier molecular flexibility index (Phi) is 52.5. The molecule has 2 rings (SSSR count). The molecular weight excluding hydrogens is 1160 g/mol. The number of phosphoric acid groups is 1. The van der Waals surface area contributed by atoms with Gasteiger partial charge in [-0.25, -0.2) is 13.8 Å². The molecule has 0 radical (unpaired) electrons. The van der Waals surface area contributed by atoms with E-state index in [2.05, 4.69) is 31.4 Å². The largest absolute Gasteiger partial charge is 0.479 e. The van der Waals surface area contributed by atoms with Gasteiger partial charge in [-0.1, -0.05) is 258 Å². The first-order chi connectivity index (χ1) is 43.2. The van der Waals surface area contributed by atoms with Crippen molar-refractivity contribution in [1.82, 2.24) is 10.6 Å². The van der Waals surface area contributed by atoms with Crippen molar-refractivity contribution in [1.29, 1.82) is 0 Å². The second-order valence-corrected chi connectivity index (χ2v) is 27.2. The predicted molar refractivity (Wildman–Crippen MR) is 352 cm³/mol. The number of aliphatic carboxylic acids is 1. The van der Waals surface area contributed by atoms with E-state index < -0.39 is 106 Å². The fourth-order valence-corrected chi connectivity index (χ4v) is 13.0. The fraction of sp³-hybridized carbons (Fsp3) is 0.971. The molecule has 0 aliphatic carbocycles. The van der Waals surface area contributed by atoms with E-state index in [4.69, 9.17) is 32.9 Å². The maximum Gasteiger partial charge on any atom is 0.470 e. The molecule has 2 heterocycles. The summed E-state index contributed by atoms with van der Waals surface area (Å²) in [5.41, 5.74) is 0. The van der Waals surface area contributed by atoms with Gasteiger partial charge in [-0.05, 0) is 51.5 Å². The Hall–Kier alpha value is -1.42. The molecule has 0 aromatic heterocycles. The molecular formula is C69H134FN2O16P. The molecule has 8 N–H and O–H groups in total. The number of aliphatic hydroxyl groups excluding tert-OH is 3. The molecule has 528 valence electrons. The number of carboxylic acids is 1. The minimum atomic E-state index is -5.26. The Morgan fingerprint density at radius 3 is 1.31 bits per heavy atom. The SMILES string of the molecule is CCCCCCCCCCCCOCCCCCCCCCCCCCCO[C@@H]1[C@@H](NC(C)=O)[C@H](OC[C@H]2O[C@H](C(=O)O)[C@H](NCCC(O)CCCCCCCCCCC)[C@@H](OCCC(O)CCCCCCCCCCC)[C@@H]2O)O[C@H](CF)[C@H]1OP(=O)(O)O. The van der Waals surface area contributed by atoms with Crippen molar-refractivity contribution >= 4 is 19.7 Å². The average molecular weight is 1300 g/mol. The van der Waals surface area contributed by atoms with Crippen LogP contribution in [0.2, 0.25) is 0 Å². The van der Waals surface area contributed by atoms with Gasteiger partial charge in [0.15, 0.2) is 12.4 Å². The van der Waals surface area contributed by atoms with Gasteiger partial charge < -0.3 is 69.3 Å². The summed E-state index contributed by atoms with van der Waals surface area (Å²) < 4.78 is 69.0. The average Bonchev–Trinajstić information content (AvgIpc) is 2.61. The van der Waals surface area contributed by atoms with Crippen LogP contribution < -0.4 is 10.6 Å². The summed E-state index contributed by atoms with van der Waals surface area (Å²) in [6, 6.07) is -2.41. The van der Waals surface area contributed by atoms with E-state index in [1.807, 2.05) is 0 Å². The minimum absolute atomic E-state index is 0.00911. The first kappa shape index (κ1) is 83.7. The first-order valence-corrected chi connectivity index (χ1v) is 38.0. The first-order valence-electron chi connectivity index (χ1n) is 36.5. The van der Waals surface area contributed by atoms with Crippen LogP contribution in [0.15, 0.2) is 0 Å². The Morgan fingerprint density at radius 2 is 0.899 bits per heavy atom. The molecule has 89 heavy (non-hydrogen) atoms. The van der Waals surface area contributed by atoms with E-state index >= 15 is 0 Å². The highest BCUT2D eigenvalue weighted by atomic mass is 31.2.